The Hall–Kier alpha value is -1.37. The van der Waals surface area contributed by atoms with Crippen molar-refractivity contribution >= 4 is 23.5 Å². The van der Waals surface area contributed by atoms with Crippen molar-refractivity contribution in [1.82, 2.24) is 5.32 Å². The van der Waals surface area contributed by atoms with Gasteiger partial charge in [-0.2, -0.15) is 0 Å². The van der Waals surface area contributed by atoms with Gasteiger partial charge in [0.1, 0.15) is 6.04 Å². The van der Waals surface area contributed by atoms with Crippen molar-refractivity contribution in [1.29, 1.82) is 0 Å². The van der Waals surface area contributed by atoms with Crippen LogP contribution in [0.5, 0.6) is 0 Å². The van der Waals surface area contributed by atoms with E-state index in [1.54, 1.807) is 24.3 Å². The van der Waals surface area contributed by atoms with Gasteiger partial charge in [0.05, 0.1) is 11.3 Å². The average Bonchev–Trinajstić information content (AvgIpc) is 2.38. The van der Waals surface area contributed by atoms with Crippen LogP contribution >= 0.6 is 0 Å². The number of carbonyl (C=O) groups is 3. The molecule has 0 saturated heterocycles. The third-order valence-corrected chi connectivity index (χ3v) is 2.42. The van der Waals surface area contributed by atoms with E-state index in [1.165, 1.54) is 0 Å². The van der Waals surface area contributed by atoms with Gasteiger partial charge in [0.25, 0.3) is 5.91 Å². The van der Waals surface area contributed by atoms with E-state index in [1.807, 2.05) is 0 Å². The van der Waals surface area contributed by atoms with Gasteiger partial charge in [-0.1, -0.05) is 12.1 Å². The van der Waals surface area contributed by atoms with Gasteiger partial charge in [-0.15, -0.1) is 0 Å². The molecule has 0 saturated carbocycles. The van der Waals surface area contributed by atoms with Crippen molar-refractivity contribution in [3.05, 3.63) is 29.8 Å². The Kier molecular flexibility index (Phi) is 4.89. The molecule has 0 bridgehead atoms. The molecular weight excluding hydrogens is 247 g/mol. The molecule has 0 spiro atoms. The predicted octanol–water partition coefficient (Wildman–Crippen LogP) is -4.12. The van der Waals surface area contributed by atoms with E-state index in [0.29, 0.717) is 11.3 Å². The molecule has 1 heterocycles. The van der Waals surface area contributed by atoms with Gasteiger partial charge < -0.3 is 20.5 Å². The molecule has 2 N–H and O–H groups in total. The number of hydrogen-bond acceptors (Lipinski definition) is 4. The zero-order chi connectivity index (χ0) is 12.4. The number of fused-ring (bicyclic) bond motifs is 1. The number of para-hydroxylation sites is 1. The van der Waals surface area contributed by atoms with Gasteiger partial charge in [0, 0.05) is 12.4 Å². The quantitative estimate of drug-likeness (QED) is 0.525. The van der Waals surface area contributed by atoms with E-state index in [0.717, 1.165) is 0 Å². The fourth-order valence-corrected chi connectivity index (χ4v) is 1.62. The van der Waals surface area contributed by atoms with Crippen LogP contribution in [0.4, 0.5) is 5.69 Å². The molecule has 1 aromatic rings. The Morgan fingerprint density at radius 3 is 2.61 bits per heavy atom. The molecule has 18 heavy (non-hydrogen) atoms. The number of hydrogen-bond donors (Lipinski definition) is 2. The number of carboxylic acid groups (broad SMARTS) is 1. The Bertz CT molecular complexity index is 504. The largest absolute Gasteiger partial charge is 1.00 e. The Labute approximate surface area is 125 Å². The summed E-state index contributed by atoms with van der Waals surface area (Å²) in [5.41, 5.74) is 0.678. The minimum Gasteiger partial charge on any atom is -0.550 e. The Morgan fingerprint density at radius 1 is 1.28 bits per heavy atom. The van der Waals surface area contributed by atoms with Crippen LogP contribution in [0.1, 0.15) is 16.8 Å². The standard InChI is InChI=1S/C11H10N2O4.Na/c14-9(15)5-8-11(17)12-7-4-2-1-3-6(7)10(16)13-8;/h1-4,8H,5H2,(H,12,17)(H,13,16)(H,14,15);/q;+1/p-1/t8-;/m0./s1. The first kappa shape index (κ1) is 14.7. The summed E-state index contributed by atoms with van der Waals surface area (Å²) in [6.07, 6.45) is -0.550. The molecule has 1 aliphatic heterocycles. The van der Waals surface area contributed by atoms with Crippen molar-refractivity contribution < 1.29 is 49.0 Å². The van der Waals surface area contributed by atoms with Gasteiger partial charge >= 0.3 is 29.6 Å². The second-order valence-corrected chi connectivity index (χ2v) is 3.64. The third kappa shape index (κ3) is 3.10. The maximum Gasteiger partial charge on any atom is 1.00 e. The maximum absolute atomic E-state index is 11.7. The zero-order valence-corrected chi connectivity index (χ0v) is 11.7. The van der Waals surface area contributed by atoms with Crippen LogP contribution in [-0.2, 0) is 9.59 Å². The van der Waals surface area contributed by atoms with Crippen LogP contribution in [0.2, 0.25) is 0 Å². The molecule has 6 nitrogen and oxygen atoms in total. The number of aliphatic carboxylic acids is 1. The van der Waals surface area contributed by atoms with E-state index in [9.17, 15) is 19.5 Å². The van der Waals surface area contributed by atoms with Gasteiger partial charge in [0.15, 0.2) is 0 Å². The van der Waals surface area contributed by atoms with E-state index < -0.39 is 30.2 Å². The molecule has 1 aromatic carbocycles. The number of rotatable bonds is 2. The third-order valence-electron chi connectivity index (χ3n) is 2.42. The van der Waals surface area contributed by atoms with Crippen LogP contribution in [-0.4, -0.2) is 23.8 Å². The summed E-state index contributed by atoms with van der Waals surface area (Å²) in [6.45, 7) is 0. The maximum atomic E-state index is 11.7. The summed E-state index contributed by atoms with van der Waals surface area (Å²) < 4.78 is 0. The number of amides is 2. The summed E-state index contributed by atoms with van der Waals surface area (Å²) in [5, 5.41) is 15.3. The van der Waals surface area contributed by atoms with Gasteiger partial charge in [-0.05, 0) is 12.1 Å². The first-order valence-corrected chi connectivity index (χ1v) is 4.98. The number of nitrogens with one attached hydrogen (secondary N) is 2. The predicted molar refractivity (Wildman–Crippen MR) is 55.9 cm³/mol. The van der Waals surface area contributed by atoms with Gasteiger partial charge in [-0.3, -0.25) is 9.59 Å². The van der Waals surface area contributed by atoms with Crippen LogP contribution in [0.15, 0.2) is 24.3 Å². The minimum absolute atomic E-state index is 0. The smallest absolute Gasteiger partial charge is 0.550 e. The van der Waals surface area contributed by atoms with E-state index >= 15 is 0 Å². The fraction of sp³-hybridized carbons (Fsp3) is 0.182. The van der Waals surface area contributed by atoms with Gasteiger partial charge in [0.2, 0.25) is 5.91 Å². The molecule has 0 radical (unpaired) electrons. The molecule has 2 rings (SSSR count). The second-order valence-electron chi connectivity index (χ2n) is 3.64. The molecule has 0 fully saturated rings. The Balaban J connectivity index is 0.00000162. The van der Waals surface area contributed by atoms with Crippen molar-refractivity contribution in [3.8, 4) is 0 Å². The van der Waals surface area contributed by atoms with Crippen molar-refractivity contribution in [3.63, 3.8) is 0 Å². The molecule has 0 unspecified atom stereocenters. The molecule has 7 heteroatoms. The first-order chi connectivity index (χ1) is 8.08. The van der Waals surface area contributed by atoms with Crippen LogP contribution < -0.4 is 45.3 Å². The first-order valence-electron chi connectivity index (χ1n) is 4.98. The van der Waals surface area contributed by atoms with E-state index in [2.05, 4.69) is 10.6 Å². The molecule has 1 atom stereocenters. The summed E-state index contributed by atoms with van der Waals surface area (Å²) in [6, 6.07) is 5.34. The van der Waals surface area contributed by atoms with E-state index in [-0.39, 0.29) is 29.6 Å². The second kappa shape index (κ2) is 5.99. The van der Waals surface area contributed by atoms with Crippen molar-refractivity contribution in [2.24, 2.45) is 0 Å². The fourth-order valence-electron chi connectivity index (χ4n) is 1.62. The Morgan fingerprint density at radius 2 is 1.94 bits per heavy atom. The molecule has 2 amide bonds. The van der Waals surface area contributed by atoms with Crippen molar-refractivity contribution in [2.75, 3.05) is 5.32 Å². The monoisotopic (exact) mass is 256 g/mol. The summed E-state index contributed by atoms with van der Waals surface area (Å²) in [7, 11) is 0. The van der Waals surface area contributed by atoms with E-state index in [4.69, 9.17) is 0 Å². The average molecular weight is 256 g/mol. The van der Waals surface area contributed by atoms with Crippen LogP contribution in [0.3, 0.4) is 0 Å². The molecule has 0 aliphatic carbocycles. The summed E-state index contributed by atoms with van der Waals surface area (Å²) >= 11 is 0. The minimum atomic E-state index is -1.39. The topological polar surface area (TPSA) is 98.3 Å². The summed E-state index contributed by atoms with van der Waals surface area (Å²) in [4.78, 5) is 33.8. The number of carbonyl (C=O) groups excluding carboxylic acids is 3. The number of carboxylic acids is 1. The molecule has 1 aliphatic rings. The molecular formula is C11H9N2NaO4. The number of benzene rings is 1. The van der Waals surface area contributed by atoms with Crippen LogP contribution in [0.25, 0.3) is 0 Å². The zero-order valence-electron chi connectivity index (χ0n) is 9.73. The number of anilines is 1. The van der Waals surface area contributed by atoms with Crippen LogP contribution in [0, 0.1) is 0 Å². The summed E-state index contributed by atoms with van der Waals surface area (Å²) in [5.74, 6) is -2.44. The van der Waals surface area contributed by atoms with Gasteiger partial charge in [-0.25, -0.2) is 0 Å². The molecule has 0 aromatic heterocycles. The molecule has 88 valence electrons. The SMILES string of the molecule is O=C([O-])C[C@@H]1NC(=O)c2ccccc2NC1=O.[Na+]. The normalized spacial score (nSPS) is 17.7. The van der Waals surface area contributed by atoms with Crippen molar-refractivity contribution in [2.45, 2.75) is 12.5 Å².